The van der Waals surface area contributed by atoms with Crippen LogP contribution in [0.3, 0.4) is 0 Å². The Balaban J connectivity index is 2.41. The van der Waals surface area contributed by atoms with E-state index in [2.05, 4.69) is 5.32 Å². The number of carbonyl (C=O) groups is 1. The van der Waals surface area contributed by atoms with Crippen LogP contribution < -0.4 is 5.32 Å². The number of hydrogen-bond acceptors (Lipinski definition) is 4. The lowest BCUT2D eigenvalue weighted by Crippen LogP contribution is -2.14. The highest BCUT2D eigenvalue weighted by molar-refractivity contribution is 7.99. The fourth-order valence-corrected chi connectivity index (χ4v) is 1.59. The Morgan fingerprint density at radius 1 is 1.44 bits per heavy atom. The number of nitriles is 1. The van der Waals surface area contributed by atoms with Gasteiger partial charge in [-0.15, -0.1) is 11.8 Å². The number of aliphatic hydroxyl groups excluding tert-OH is 1. The zero-order valence-electron chi connectivity index (χ0n) is 8.64. The first-order valence-electron chi connectivity index (χ1n) is 4.75. The molecule has 0 saturated carbocycles. The summed E-state index contributed by atoms with van der Waals surface area (Å²) in [6.07, 6.45) is 0. The van der Waals surface area contributed by atoms with Crippen molar-refractivity contribution in [2.24, 2.45) is 0 Å². The summed E-state index contributed by atoms with van der Waals surface area (Å²) in [4.78, 5) is 11.4. The molecular weight excluding hydrogens is 224 g/mol. The van der Waals surface area contributed by atoms with Gasteiger partial charge in [-0.1, -0.05) is 0 Å². The number of hydrogen-bond donors (Lipinski definition) is 2. The average molecular weight is 236 g/mol. The minimum absolute atomic E-state index is 0.0782. The molecule has 0 spiro atoms. The third-order valence-corrected chi connectivity index (χ3v) is 2.70. The molecule has 2 N–H and O–H groups in total. The van der Waals surface area contributed by atoms with E-state index in [1.54, 1.807) is 24.3 Å². The fourth-order valence-electron chi connectivity index (χ4n) is 1.05. The molecule has 0 unspecified atom stereocenters. The standard InChI is InChI=1S/C11H12N2O2S/c12-7-9-1-3-10(4-2-9)13-11(15)8-16-6-5-14/h1-4,14H,5-6,8H2,(H,13,15). The maximum atomic E-state index is 11.4. The molecule has 1 aromatic rings. The largest absolute Gasteiger partial charge is 0.396 e. The van der Waals surface area contributed by atoms with Crippen molar-refractivity contribution in [1.29, 1.82) is 5.26 Å². The summed E-state index contributed by atoms with van der Waals surface area (Å²) in [5.41, 5.74) is 1.24. The number of anilines is 1. The highest BCUT2D eigenvalue weighted by Crippen LogP contribution is 2.09. The number of benzene rings is 1. The molecule has 0 heterocycles. The summed E-state index contributed by atoms with van der Waals surface area (Å²) in [6.45, 7) is 0.0782. The van der Waals surface area contributed by atoms with Crippen molar-refractivity contribution in [3.63, 3.8) is 0 Å². The van der Waals surface area contributed by atoms with Crippen molar-refractivity contribution in [2.75, 3.05) is 23.4 Å². The van der Waals surface area contributed by atoms with Crippen LogP contribution in [0.4, 0.5) is 5.69 Å². The third kappa shape index (κ3) is 4.34. The zero-order chi connectivity index (χ0) is 11.8. The predicted molar refractivity (Wildman–Crippen MR) is 64.2 cm³/mol. The van der Waals surface area contributed by atoms with Crippen LogP contribution in [0, 0.1) is 11.3 Å². The molecule has 5 heteroatoms. The second-order valence-corrected chi connectivity index (χ2v) is 4.12. The van der Waals surface area contributed by atoms with E-state index >= 15 is 0 Å². The Hall–Kier alpha value is -1.51. The average Bonchev–Trinajstić information content (AvgIpc) is 2.30. The molecule has 0 saturated heterocycles. The molecule has 0 fully saturated rings. The topological polar surface area (TPSA) is 73.1 Å². The number of thioether (sulfide) groups is 1. The number of nitrogens with one attached hydrogen (secondary N) is 1. The van der Waals surface area contributed by atoms with Crippen LogP contribution >= 0.6 is 11.8 Å². The van der Waals surface area contributed by atoms with Gasteiger partial charge in [0.05, 0.1) is 24.0 Å². The summed E-state index contributed by atoms with van der Waals surface area (Å²) < 4.78 is 0. The van der Waals surface area contributed by atoms with Crippen LogP contribution in [-0.2, 0) is 4.79 Å². The van der Waals surface area contributed by atoms with Gasteiger partial charge < -0.3 is 10.4 Å². The predicted octanol–water partition coefficient (Wildman–Crippen LogP) is 1.22. The Labute approximate surface area is 98.3 Å². The van der Waals surface area contributed by atoms with E-state index in [0.717, 1.165) is 0 Å². The molecule has 16 heavy (non-hydrogen) atoms. The molecule has 1 aromatic carbocycles. The van der Waals surface area contributed by atoms with Crippen molar-refractivity contribution in [3.8, 4) is 6.07 Å². The van der Waals surface area contributed by atoms with Gasteiger partial charge in [0.25, 0.3) is 0 Å². The second-order valence-electron chi connectivity index (χ2n) is 3.01. The van der Waals surface area contributed by atoms with E-state index in [4.69, 9.17) is 10.4 Å². The first-order chi connectivity index (χ1) is 7.76. The molecule has 1 rings (SSSR count). The minimum atomic E-state index is -0.108. The van der Waals surface area contributed by atoms with Gasteiger partial charge in [0.1, 0.15) is 0 Å². The lowest BCUT2D eigenvalue weighted by atomic mass is 10.2. The molecule has 1 amide bonds. The third-order valence-electron chi connectivity index (χ3n) is 1.77. The van der Waals surface area contributed by atoms with Crippen LogP contribution in [-0.4, -0.2) is 29.1 Å². The highest BCUT2D eigenvalue weighted by atomic mass is 32.2. The lowest BCUT2D eigenvalue weighted by molar-refractivity contribution is -0.113. The summed E-state index contributed by atoms with van der Waals surface area (Å²) in [7, 11) is 0. The van der Waals surface area contributed by atoms with Crippen molar-refractivity contribution in [2.45, 2.75) is 0 Å². The fraction of sp³-hybridized carbons (Fsp3) is 0.273. The van der Waals surface area contributed by atoms with Crippen LogP contribution in [0.5, 0.6) is 0 Å². The zero-order valence-corrected chi connectivity index (χ0v) is 9.46. The number of nitrogens with zero attached hydrogens (tertiary/aromatic N) is 1. The summed E-state index contributed by atoms with van der Waals surface area (Å²) in [6, 6.07) is 8.68. The van der Waals surface area contributed by atoms with Gasteiger partial charge in [-0.05, 0) is 24.3 Å². The summed E-state index contributed by atoms with van der Waals surface area (Å²) in [5, 5.41) is 19.8. The second kappa shape index (κ2) is 6.88. The Bertz CT molecular complexity index is 384. The van der Waals surface area contributed by atoms with Gasteiger partial charge in [-0.25, -0.2) is 0 Å². The van der Waals surface area contributed by atoms with Crippen LogP contribution in [0.2, 0.25) is 0 Å². The molecule has 0 aliphatic carbocycles. The van der Waals surface area contributed by atoms with E-state index in [9.17, 15) is 4.79 Å². The number of carbonyl (C=O) groups excluding carboxylic acids is 1. The van der Waals surface area contributed by atoms with E-state index in [0.29, 0.717) is 22.8 Å². The van der Waals surface area contributed by atoms with E-state index in [-0.39, 0.29) is 12.5 Å². The quantitative estimate of drug-likeness (QED) is 0.754. The van der Waals surface area contributed by atoms with Gasteiger partial charge in [-0.2, -0.15) is 5.26 Å². The number of amides is 1. The molecule has 84 valence electrons. The van der Waals surface area contributed by atoms with Gasteiger partial charge in [-0.3, -0.25) is 4.79 Å². The molecule has 0 aromatic heterocycles. The SMILES string of the molecule is N#Cc1ccc(NC(=O)CSCCO)cc1. The van der Waals surface area contributed by atoms with Gasteiger partial charge in [0, 0.05) is 11.4 Å². The van der Waals surface area contributed by atoms with Crippen LogP contribution in [0.15, 0.2) is 24.3 Å². The monoisotopic (exact) mass is 236 g/mol. The number of rotatable bonds is 5. The Morgan fingerprint density at radius 3 is 2.69 bits per heavy atom. The molecule has 0 aliphatic rings. The van der Waals surface area contributed by atoms with Gasteiger partial charge in [0.15, 0.2) is 0 Å². The number of aliphatic hydroxyl groups is 1. The van der Waals surface area contributed by atoms with E-state index < -0.39 is 0 Å². The highest BCUT2D eigenvalue weighted by Gasteiger charge is 2.01. The van der Waals surface area contributed by atoms with Crippen LogP contribution in [0.1, 0.15) is 5.56 Å². The van der Waals surface area contributed by atoms with Gasteiger partial charge in [0.2, 0.25) is 5.91 Å². The molecular formula is C11H12N2O2S. The van der Waals surface area contributed by atoms with Crippen LogP contribution in [0.25, 0.3) is 0 Å². The normalized spacial score (nSPS) is 9.50. The summed E-state index contributed by atoms with van der Waals surface area (Å²) >= 11 is 1.37. The smallest absolute Gasteiger partial charge is 0.234 e. The maximum Gasteiger partial charge on any atom is 0.234 e. The van der Waals surface area contributed by atoms with Crippen molar-refractivity contribution in [3.05, 3.63) is 29.8 Å². The van der Waals surface area contributed by atoms with E-state index in [1.807, 2.05) is 6.07 Å². The van der Waals surface area contributed by atoms with Crippen molar-refractivity contribution < 1.29 is 9.90 Å². The molecule has 0 aliphatic heterocycles. The molecule has 0 bridgehead atoms. The molecule has 0 atom stereocenters. The van der Waals surface area contributed by atoms with E-state index in [1.165, 1.54) is 11.8 Å². The Morgan fingerprint density at radius 2 is 2.12 bits per heavy atom. The Kier molecular flexibility index (Phi) is 5.40. The maximum absolute atomic E-state index is 11.4. The lowest BCUT2D eigenvalue weighted by Gasteiger charge is -2.04. The molecule has 4 nitrogen and oxygen atoms in total. The van der Waals surface area contributed by atoms with Gasteiger partial charge >= 0.3 is 0 Å². The molecule has 0 radical (unpaired) electrons. The van der Waals surface area contributed by atoms with Crippen molar-refractivity contribution in [1.82, 2.24) is 0 Å². The first-order valence-corrected chi connectivity index (χ1v) is 5.90. The minimum Gasteiger partial charge on any atom is -0.396 e. The summed E-state index contributed by atoms with van der Waals surface area (Å²) in [5.74, 6) is 0.768. The van der Waals surface area contributed by atoms with Crippen molar-refractivity contribution >= 4 is 23.4 Å². The first kappa shape index (κ1) is 12.6.